The zero-order valence-electron chi connectivity index (χ0n) is 10.9. The normalized spacial score (nSPS) is 18.2. The molecule has 0 saturated heterocycles. The van der Waals surface area contributed by atoms with E-state index in [4.69, 9.17) is 4.74 Å². The standard InChI is InChI=1S/C15H21NO2/c1-2-3-6-11-18-15(17)14-13-8-5-4-7-12(13)9-10-16-14/h4-5,7-8,14,16H,2-3,6,9-11H2,1H3. The highest BCUT2D eigenvalue weighted by Gasteiger charge is 2.26. The second-order valence-electron chi connectivity index (χ2n) is 4.71. The summed E-state index contributed by atoms with van der Waals surface area (Å²) in [5, 5.41) is 3.24. The molecule has 3 nitrogen and oxygen atoms in total. The molecule has 1 aromatic carbocycles. The molecule has 0 spiro atoms. The zero-order valence-corrected chi connectivity index (χ0v) is 10.9. The third-order valence-electron chi connectivity index (χ3n) is 3.34. The van der Waals surface area contributed by atoms with Crippen molar-refractivity contribution >= 4 is 5.97 Å². The summed E-state index contributed by atoms with van der Waals surface area (Å²) < 4.78 is 5.34. The van der Waals surface area contributed by atoms with Gasteiger partial charge in [-0.15, -0.1) is 0 Å². The Labute approximate surface area is 109 Å². The first kappa shape index (κ1) is 13.1. The van der Waals surface area contributed by atoms with E-state index >= 15 is 0 Å². The SMILES string of the molecule is CCCCCOC(=O)C1NCCc2ccccc21. The largest absolute Gasteiger partial charge is 0.464 e. The molecule has 98 valence electrons. The zero-order chi connectivity index (χ0) is 12.8. The van der Waals surface area contributed by atoms with Gasteiger partial charge in [-0.2, -0.15) is 0 Å². The summed E-state index contributed by atoms with van der Waals surface area (Å²) >= 11 is 0. The second-order valence-corrected chi connectivity index (χ2v) is 4.71. The topological polar surface area (TPSA) is 38.3 Å². The predicted molar refractivity (Wildman–Crippen MR) is 71.4 cm³/mol. The second kappa shape index (κ2) is 6.55. The highest BCUT2D eigenvalue weighted by Crippen LogP contribution is 2.23. The van der Waals surface area contributed by atoms with E-state index in [0.717, 1.165) is 37.8 Å². The summed E-state index contributed by atoms with van der Waals surface area (Å²) in [6.45, 7) is 3.51. The van der Waals surface area contributed by atoms with Gasteiger partial charge in [0.25, 0.3) is 0 Å². The van der Waals surface area contributed by atoms with E-state index in [0.29, 0.717) is 6.61 Å². The number of fused-ring (bicyclic) bond motifs is 1. The van der Waals surface area contributed by atoms with E-state index in [1.165, 1.54) is 5.56 Å². The molecule has 0 bridgehead atoms. The molecule has 1 aliphatic rings. The van der Waals surface area contributed by atoms with Crippen LogP contribution >= 0.6 is 0 Å². The van der Waals surface area contributed by atoms with Gasteiger partial charge >= 0.3 is 5.97 Å². The smallest absolute Gasteiger partial charge is 0.327 e. The van der Waals surface area contributed by atoms with Crippen molar-refractivity contribution in [2.75, 3.05) is 13.2 Å². The highest BCUT2D eigenvalue weighted by molar-refractivity contribution is 5.78. The van der Waals surface area contributed by atoms with Crippen molar-refractivity contribution in [1.82, 2.24) is 5.32 Å². The van der Waals surface area contributed by atoms with Crippen LogP contribution in [0.4, 0.5) is 0 Å². The maximum absolute atomic E-state index is 12.0. The molecule has 1 N–H and O–H groups in total. The molecule has 2 rings (SSSR count). The van der Waals surface area contributed by atoms with Crippen LogP contribution in [0.5, 0.6) is 0 Å². The lowest BCUT2D eigenvalue weighted by Gasteiger charge is -2.25. The van der Waals surface area contributed by atoms with Gasteiger partial charge in [0.2, 0.25) is 0 Å². The number of hydrogen-bond acceptors (Lipinski definition) is 3. The Balaban J connectivity index is 1.95. The molecule has 1 aliphatic heterocycles. The van der Waals surface area contributed by atoms with Crippen LogP contribution in [0, 0.1) is 0 Å². The van der Waals surface area contributed by atoms with Gasteiger partial charge < -0.3 is 10.1 Å². The van der Waals surface area contributed by atoms with Crippen LogP contribution in [0.2, 0.25) is 0 Å². The maximum Gasteiger partial charge on any atom is 0.327 e. The third-order valence-corrected chi connectivity index (χ3v) is 3.34. The summed E-state index contributed by atoms with van der Waals surface area (Å²) in [7, 11) is 0. The first-order valence-electron chi connectivity index (χ1n) is 6.80. The van der Waals surface area contributed by atoms with Crippen molar-refractivity contribution in [2.24, 2.45) is 0 Å². The van der Waals surface area contributed by atoms with E-state index in [1.54, 1.807) is 0 Å². The first-order chi connectivity index (χ1) is 8.83. The molecule has 0 aliphatic carbocycles. The molecule has 1 aromatic rings. The van der Waals surface area contributed by atoms with Gasteiger partial charge in [-0.25, -0.2) is 4.79 Å². The van der Waals surface area contributed by atoms with Crippen molar-refractivity contribution < 1.29 is 9.53 Å². The van der Waals surface area contributed by atoms with Crippen LogP contribution in [0.1, 0.15) is 43.4 Å². The minimum Gasteiger partial charge on any atom is -0.464 e. The van der Waals surface area contributed by atoms with Crippen molar-refractivity contribution in [1.29, 1.82) is 0 Å². The van der Waals surface area contributed by atoms with Crippen LogP contribution in [0.3, 0.4) is 0 Å². The average Bonchev–Trinajstić information content (AvgIpc) is 2.43. The minimum atomic E-state index is -0.281. The van der Waals surface area contributed by atoms with Crippen LogP contribution in [0.25, 0.3) is 0 Å². The van der Waals surface area contributed by atoms with E-state index in [9.17, 15) is 4.79 Å². The number of carbonyl (C=O) groups is 1. The summed E-state index contributed by atoms with van der Waals surface area (Å²) in [6, 6.07) is 7.82. The fraction of sp³-hybridized carbons (Fsp3) is 0.533. The quantitative estimate of drug-likeness (QED) is 0.642. The number of hydrogen-bond donors (Lipinski definition) is 1. The summed E-state index contributed by atoms with van der Waals surface area (Å²) in [6.07, 6.45) is 4.19. The molecule has 3 heteroatoms. The van der Waals surface area contributed by atoms with Gasteiger partial charge in [-0.05, 0) is 24.0 Å². The summed E-state index contributed by atoms with van der Waals surface area (Å²) in [5.74, 6) is -0.141. The Morgan fingerprint density at radius 3 is 3.06 bits per heavy atom. The number of rotatable bonds is 5. The Bertz CT molecular complexity index is 403. The minimum absolute atomic E-state index is 0.141. The number of ether oxygens (including phenoxy) is 1. The van der Waals surface area contributed by atoms with Crippen LogP contribution in [0.15, 0.2) is 24.3 Å². The van der Waals surface area contributed by atoms with E-state index in [2.05, 4.69) is 18.3 Å². The molecule has 1 unspecified atom stereocenters. The molecule has 0 fully saturated rings. The van der Waals surface area contributed by atoms with Gasteiger partial charge in [0, 0.05) is 6.54 Å². The fourth-order valence-corrected chi connectivity index (χ4v) is 2.32. The molecular weight excluding hydrogens is 226 g/mol. The number of nitrogens with one attached hydrogen (secondary N) is 1. The monoisotopic (exact) mass is 247 g/mol. The Kier molecular flexibility index (Phi) is 4.76. The third kappa shape index (κ3) is 3.10. The van der Waals surface area contributed by atoms with Crippen LogP contribution in [-0.4, -0.2) is 19.1 Å². The average molecular weight is 247 g/mol. The van der Waals surface area contributed by atoms with Crippen molar-refractivity contribution in [3.05, 3.63) is 35.4 Å². The Morgan fingerprint density at radius 2 is 2.22 bits per heavy atom. The highest BCUT2D eigenvalue weighted by atomic mass is 16.5. The lowest BCUT2D eigenvalue weighted by molar-refractivity contribution is -0.146. The van der Waals surface area contributed by atoms with E-state index < -0.39 is 0 Å². The fourth-order valence-electron chi connectivity index (χ4n) is 2.32. The van der Waals surface area contributed by atoms with Crippen molar-refractivity contribution in [2.45, 2.75) is 38.6 Å². The van der Waals surface area contributed by atoms with Gasteiger partial charge in [0.1, 0.15) is 6.04 Å². The van der Waals surface area contributed by atoms with Gasteiger partial charge in [0.15, 0.2) is 0 Å². The number of unbranched alkanes of at least 4 members (excludes halogenated alkanes) is 2. The molecule has 0 amide bonds. The molecule has 0 aromatic heterocycles. The van der Waals surface area contributed by atoms with E-state index in [-0.39, 0.29) is 12.0 Å². The van der Waals surface area contributed by atoms with Crippen LogP contribution in [-0.2, 0) is 16.0 Å². The summed E-state index contributed by atoms with van der Waals surface area (Å²) in [5.41, 5.74) is 2.33. The molecule has 0 saturated carbocycles. The summed E-state index contributed by atoms with van der Waals surface area (Å²) in [4.78, 5) is 12.0. The molecule has 1 atom stereocenters. The Hall–Kier alpha value is -1.35. The van der Waals surface area contributed by atoms with Gasteiger partial charge in [-0.1, -0.05) is 44.0 Å². The van der Waals surface area contributed by atoms with Gasteiger partial charge in [0.05, 0.1) is 6.61 Å². The van der Waals surface area contributed by atoms with E-state index in [1.807, 2.05) is 18.2 Å². The maximum atomic E-state index is 12.0. The predicted octanol–water partition coefficient (Wildman–Crippen LogP) is 2.61. The lowest BCUT2D eigenvalue weighted by Crippen LogP contribution is -2.36. The molecule has 0 radical (unpaired) electrons. The van der Waals surface area contributed by atoms with Crippen molar-refractivity contribution in [3.8, 4) is 0 Å². The molecule has 1 heterocycles. The molecular formula is C15H21NO2. The lowest BCUT2D eigenvalue weighted by atomic mass is 9.94. The van der Waals surface area contributed by atoms with Gasteiger partial charge in [-0.3, -0.25) is 0 Å². The number of benzene rings is 1. The Morgan fingerprint density at radius 1 is 1.39 bits per heavy atom. The van der Waals surface area contributed by atoms with Crippen LogP contribution < -0.4 is 5.32 Å². The van der Waals surface area contributed by atoms with Crippen molar-refractivity contribution in [3.63, 3.8) is 0 Å². The molecule has 18 heavy (non-hydrogen) atoms. The number of esters is 1. The number of carbonyl (C=O) groups excluding carboxylic acids is 1. The first-order valence-corrected chi connectivity index (χ1v) is 6.80.